The van der Waals surface area contributed by atoms with Gasteiger partial charge in [0, 0.05) is 4.47 Å². The van der Waals surface area contributed by atoms with Gasteiger partial charge in [-0.15, -0.1) is 5.92 Å². The first kappa shape index (κ1) is 10.6. The Hall–Kier alpha value is -1.45. The van der Waals surface area contributed by atoms with Crippen molar-refractivity contribution in [2.75, 3.05) is 11.9 Å². The lowest BCUT2D eigenvalue weighted by Crippen LogP contribution is -2.00. The SMILES string of the molecule is CC#CCNc1cc(Br)ccc1C#N. The summed E-state index contributed by atoms with van der Waals surface area (Å²) in [7, 11) is 0. The highest BCUT2D eigenvalue weighted by Crippen LogP contribution is 2.20. The summed E-state index contributed by atoms with van der Waals surface area (Å²) in [4.78, 5) is 0. The lowest BCUT2D eigenvalue weighted by atomic mass is 10.2. The van der Waals surface area contributed by atoms with Crippen molar-refractivity contribution < 1.29 is 0 Å². The van der Waals surface area contributed by atoms with Crippen molar-refractivity contribution in [2.24, 2.45) is 0 Å². The number of benzene rings is 1. The van der Waals surface area contributed by atoms with Crippen LogP contribution in [-0.2, 0) is 0 Å². The average molecular weight is 249 g/mol. The quantitative estimate of drug-likeness (QED) is 0.818. The number of halogens is 1. The Labute approximate surface area is 92.1 Å². The Morgan fingerprint density at radius 3 is 2.93 bits per heavy atom. The molecule has 0 aromatic heterocycles. The van der Waals surface area contributed by atoms with Crippen LogP contribution in [0.4, 0.5) is 5.69 Å². The van der Waals surface area contributed by atoms with E-state index in [9.17, 15) is 0 Å². The molecule has 0 radical (unpaired) electrons. The molecular formula is C11H9BrN2. The van der Waals surface area contributed by atoms with Crippen LogP contribution in [0.25, 0.3) is 0 Å². The molecule has 0 aliphatic heterocycles. The number of rotatable bonds is 2. The monoisotopic (exact) mass is 248 g/mol. The first-order chi connectivity index (χ1) is 6.77. The van der Waals surface area contributed by atoms with Crippen LogP contribution >= 0.6 is 15.9 Å². The highest BCUT2D eigenvalue weighted by Gasteiger charge is 2.00. The van der Waals surface area contributed by atoms with Gasteiger partial charge in [-0.1, -0.05) is 21.9 Å². The molecule has 0 atom stereocenters. The molecule has 1 rings (SSSR count). The minimum absolute atomic E-state index is 0.557. The van der Waals surface area contributed by atoms with Crippen LogP contribution in [0.15, 0.2) is 22.7 Å². The largest absolute Gasteiger partial charge is 0.373 e. The van der Waals surface area contributed by atoms with Crippen LogP contribution in [-0.4, -0.2) is 6.54 Å². The molecule has 0 bridgehead atoms. The van der Waals surface area contributed by atoms with Gasteiger partial charge < -0.3 is 5.32 Å². The van der Waals surface area contributed by atoms with Crippen molar-refractivity contribution >= 4 is 21.6 Å². The van der Waals surface area contributed by atoms with Crippen molar-refractivity contribution in [2.45, 2.75) is 6.92 Å². The van der Waals surface area contributed by atoms with E-state index in [0.717, 1.165) is 10.2 Å². The molecule has 0 heterocycles. The minimum Gasteiger partial charge on any atom is -0.373 e. The van der Waals surface area contributed by atoms with E-state index < -0.39 is 0 Å². The number of nitriles is 1. The minimum atomic E-state index is 0.557. The van der Waals surface area contributed by atoms with Crippen molar-refractivity contribution in [3.63, 3.8) is 0 Å². The summed E-state index contributed by atoms with van der Waals surface area (Å²) in [6.07, 6.45) is 0. The molecule has 1 aromatic rings. The standard InChI is InChI=1S/C11H9BrN2/c1-2-3-6-14-11-7-10(12)5-4-9(11)8-13/h4-5,7,14H,6H2,1H3. The smallest absolute Gasteiger partial charge is 0.101 e. The third-order valence-electron chi connectivity index (χ3n) is 1.65. The van der Waals surface area contributed by atoms with Gasteiger partial charge in [-0.3, -0.25) is 0 Å². The van der Waals surface area contributed by atoms with Crippen molar-refractivity contribution in [1.29, 1.82) is 5.26 Å². The predicted octanol–water partition coefficient (Wildman–Crippen LogP) is 2.76. The molecule has 1 aromatic carbocycles. The second kappa shape index (κ2) is 5.32. The van der Waals surface area contributed by atoms with Gasteiger partial charge in [-0.05, 0) is 25.1 Å². The summed E-state index contributed by atoms with van der Waals surface area (Å²) < 4.78 is 0.948. The zero-order chi connectivity index (χ0) is 10.4. The Morgan fingerprint density at radius 2 is 2.29 bits per heavy atom. The summed E-state index contributed by atoms with van der Waals surface area (Å²) in [5.74, 6) is 5.66. The zero-order valence-electron chi connectivity index (χ0n) is 7.76. The number of nitrogens with zero attached hydrogens (tertiary/aromatic N) is 1. The lowest BCUT2D eigenvalue weighted by Gasteiger charge is -2.04. The van der Waals surface area contributed by atoms with Crippen molar-refractivity contribution in [3.05, 3.63) is 28.2 Å². The van der Waals surface area contributed by atoms with E-state index in [4.69, 9.17) is 5.26 Å². The van der Waals surface area contributed by atoms with Gasteiger partial charge in [0.2, 0.25) is 0 Å². The molecule has 0 amide bonds. The number of anilines is 1. The zero-order valence-corrected chi connectivity index (χ0v) is 9.35. The van der Waals surface area contributed by atoms with Crippen LogP contribution in [0.5, 0.6) is 0 Å². The maximum absolute atomic E-state index is 8.82. The topological polar surface area (TPSA) is 35.8 Å². The number of nitrogens with one attached hydrogen (secondary N) is 1. The molecule has 2 nitrogen and oxygen atoms in total. The molecule has 70 valence electrons. The Morgan fingerprint density at radius 1 is 1.50 bits per heavy atom. The first-order valence-electron chi connectivity index (χ1n) is 4.11. The fourth-order valence-electron chi connectivity index (χ4n) is 0.988. The fourth-order valence-corrected chi connectivity index (χ4v) is 1.35. The Bertz CT molecular complexity index is 421. The second-order valence-electron chi connectivity index (χ2n) is 2.58. The van der Waals surface area contributed by atoms with Crippen molar-refractivity contribution in [1.82, 2.24) is 0 Å². The van der Waals surface area contributed by atoms with Gasteiger partial charge in [-0.2, -0.15) is 5.26 Å². The van der Waals surface area contributed by atoms with Crippen LogP contribution < -0.4 is 5.32 Å². The summed E-state index contributed by atoms with van der Waals surface area (Å²) in [6, 6.07) is 7.60. The van der Waals surface area contributed by atoms with Crippen LogP contribution in [0.2, 0.25) is 0 Å². The Kier molecular flexibility index (Phi) is 4.04. The summed E-state index contributed by atoms with van der Waals surface area (Å²) in [5.41, 5.74) is 1.44. The Balaban J connectivity index is 2.87. The fraction of sp³-hybridized carbons (Fsp3) is 0.182. The molecular weight excluding hydrogens is 240 g/mol. The molecule has 14 heavy (non-hydrogen) atoms. The van der Waals surface area contributed by atoms with Gasteiger partial charge in [-0.25, -0.2) is 0 Å². The lowest BCUT2D eigenvalue weighted by molar-refractivity contribution is 1.35. The molecule has 0 unspecified atom stereocenters. The van der Waals surface area contributed by atoms with Gasteiger partial charge in [0.1, 0.15) is 6.07 Å². The molecule has 0 saturated carbocycles. The van der Waals surface area contributed by atoms with E-state index in [0.29, 0.717) is 12.1 Å². The van der Waals surface area contributed by atoms with E-state index in [1.54, 1.807) is 13.0 Å². The number of hydrogen-bond acceptors (Lipinski definition) is 2. The summed E-state index contributed by atoms with van der Waals surface area (Å²) in [5, 5.41) is 11.9. The predicted molar refractivity (Wildman–Crippen MR) is 60.8 cm³/mol. The van der Waals surface area contributed by atoms with Gasteiger partial charge in [0.05, 0.1) is 17.8 Å². The third kappa shape index (κ3) is 2.80. The molecule has 0 aliphatic carbocycles. The first-order valence-corrected chi connectivity index (χ1v) is 4.90. The van der Waals surface area contributed by atoms with Gasteiger partial charge >= 0.3 is 0 Å². The molecule has 3 heteroatoms. The van der Waals surface area contributed by atoms with Crippen molar-refractivity contribution in [3.8, 4) is 17.9 Å². The van der Waals surface area contributed by atoms with E-state index in [1.807, 2.05) is 12.1 Å². The van der Waals surface area contributed by atoms with Crippen LogP contribution in [0, 0.1) is 23.2 Å². The maximum Gasteiger partial charge on any atom is 0.101 e. The van der Waals surface area contributed by atoms with Crippen LogP contribution in [0.3, 0.4) is 0 Å². The second-order valence-corrected chi connectivity index (χ2v) is 3.50. The summed E-state index contributed by atoms with van der Waals surface area (Å²) >= 11 is 3.35. The third-order valence-corrected chi connectivity index (χ3v) is 2.14. The maximum atomic E-state index is 8.82. The average Bonchev–Trinajstić information content (AvgIpc) is 2.19. The molecule has 0 saturated heterocycles. The van der Waals surface area contributed by atoms with E-state index in [1.165, 1.54) is 0 Å². The molecule has 0 fully saturated rings. The number of hydrogen-bond donors (Lipinski definition) is 1. The van der Waals surface area contributed by atoms with E-state index in [2.05, 4.69) is 39.2 Å². The van der Waals surface area contributed by atoms with E-state index in [-0.39, 0.29) is 0 Å². The normalized spacial score (nSPS) is 8.36. The van der Waals surface area contributed by atoms with Gasteiger partial charge in [0.25, 0.3) is 0 Å². The van der Waals surface area contributed by atoms with Gasteiger partial charge in [0.15, 0.2) is 0 Å². The highest BCUT2D eigenvalue weighted by atomic mass is 79.9. The molecule has 0 spiro atoms. The highest BCUT2D eigenvalue weighted by molar-refractivity contribution is 9.10. The molecule has 0 aliphatic rings. The summed E-state index contributed by atoms with van der Waals surface area (Å²) in [6.45, 7) is 2.34. The molecule has 1 N–H and O–H groups in total. The van der Waals surface area contributed by atoms with Crippen LogP contribution in [0.1, 0.15) is 12.5 Å². The van der Waals surface area contributed by atoms with E-state index >= 15 is 0 Å².